The molecule has 34 heavy (non-hydrogen) atoms. The molecule has 2 aromatic carbocycles. The van der Waals surface area contributed by atoms with Gasteiger partial charge < -0.3 is 14.5 Å². The molecule has 0 aliphatic rings. The highest BCUT2D eigenvalue weighted by Crippen LogP contribution is 2.31. The zero-order valence-corrected chi connectivity index (χ0v) is 18.7. The second-order valence-electron chi connectivity index (χ2n) is 7.12. The van der Waals surface area contributed by atoms with Crippen LogP contribution in [0.1, 0.15) is 11.3 Å². The van der Waals surface area contributed by atoms with E-state index in [2.05, 4.69) is 15.5 Å². The number of amides is 1. The first-order chi connectivity index (χ1) is 16.3. The molecule has 1 N–H and O–H groups in total. The predicted molar refractivity (Wildman–Crippen MR) is 121 cm³/mol. The standard InChI is InChI=1S/C23H19F3N4O3S/c1-32-18-9-7-15(8-10-18)21-28-29-22(30(21)13-19-6-3-11-33-19)34-14-20(31)27-17-5-2-4-16(12-17)23(24,25)26/h2-12H,13-14H2,1H3,(H,27,31). The highest BCUT2D eigenvalue weighted by molar-refractivity contribution is 7.99. The number of carbonyl (C=O) groups is 1. The first-order valence-electron chi connectivity index (χ1n) is 10.0. The van der Waals surface area contributed by atoms with E-state index in [1.165, 1.54) is 12.1 Å². The van der Waals surface area contributed by atoms with Crippen molar-refractivity contribution in [3.05, 3.63) is 78.3 Å². The number of furan rings is 1. The van der Waals surface area contributed by atoms with Crippen molar-refractivity contribution in [2.45, 2.75) is 17.9 Å². The van der Waals surface area contributed by atoms with Gasteiger partial charge in [0.05, 0.1) is 31.2 Å². The van der Waals surface area contributed by atoms with Gasteiger partial charge in [-0.2, -0.15) is 13.2 Å². The Kier molecular flexibility index (Phi) is 6.92. The van der Waals surface area contributed by atoms with E-state index in [0.29, 0.717) is 29.0 Å². The third kappa shape index (κ3) is 5.60. The molecule has 7 nitrogen and oxygen atoms in total. The fourth-order valence-corrected chi connectivity index (χ4v) is 3.89. The minimum atomic E-state index is -4.49. The summed E-state index contributed by atoms with van der Waals surface area (Å²) in [6.07, 6.45) is -2.93. The van der Waals surface area contributed by atoms with Gasteiger partial charge in [0.2, 0.25) is 5.91 Å². The number of nitrogens with one attached hydrogen (secondary N) is 1. The van der Waals surface area contributed by atoms with Crippen molar-refractivity contribution in [1.29, 1.82) is 0 Å². The predicted octanol–water partition coefficient (Wildman–Crippen LogP) is 5.34. The SMILES string of the molecule is COc1ccc(-c2nnc(SCC(=O)Nc3cccc(C(F)(F)F)c3)n2Cc2ccco2)cc1. The average Bonchev–Trinajstić information content (AvgIpc) is 3.48. The number of benzene rings is 2. The lowest BCUT2D eigenvalue weighted by Gasteiger charge is -2.11. The number of thioether (sulfide) groups is 1. The van der Waals surface area contributed by atoms with Crippen molar-refractivity contribution in [2.75, 3.05) is 18.2 Å². The van der Waals surface area contributed by atoms with Gasteiger partial charge >= 0.3 is 6.18 Å². The molecular formula is C23H19F3N4O3S. The van der Waals surface area contributed by atoms with Gasteiger partial charge in [-0.25, -0.2) is 0 Å². The molecule has 0 saturated heterocycles. The molecule has 1 amide bonds. The van der Waals surface area contributed by atoms with Crippen LogP contribution in [-0.4, -0.2) is 33.5 Å². The number of halogens is 3. The number of hydrogen-bond donors (Lipinski definition) is 1. The quantitative estimate of drug-likeness (QED) is 0.337. The van der Waals surface area contributed by atoms with Crippen molar-refractivity contribution in [2.24, 2.45) is 0 Å². The Hall–Kier alpha value is -3.73. The summed E-state index contributed by atoms with van der Waals surface area (Å²) in [5.41, 5.74) is 0.0248. The third-order valence-corrected chi connectivity index (χ3v) is 5.73. The minimum Gasteiger partial charge on any atom is -0.497 e. The molecule has 0 aliphatic heterocycles. The lowest BCUT2D eigenvalue weighted by molar-refractivity contribution is -0.137. The summed E-state index contributed by atoms with van der Waals surface area (Å²) in [6.45, 7) is 0.332. The number of methoxy groups -OCH3 is 1. The largest absolute Gasteiger partial charge is 0.497 e. The van der Waals surface area contributed by atoms with Gasteiger partial charge in [-0.15, -0.1) is 10.2 Å². The summed E-state index contributed by atoms with van der Waals surface area (Å²) in [6, 6.07) is 15.4. The van der Waals surface area contributed by atoms with Crippen molar-refractivity contribution in [1.82, 2.24) is 14.8 Å². The molecule has 2 aromatic heterocycles. The Morgan fingerprint density at radius 3 is 2.59 bits per heavy atom. The zero-order chi connectivity index (χ0) is 24.1. The van der Waals surface area contributed by atoms with Gasteiger partial charge in [0.25, 0.3) is 0 Å². The number of rotatable bonds is 8. The maximum Gasteiger partial charge on any atom is 0.416 e. The molecule has 0 atom stereocenters. The highest BCUT2D eigenvalue weighted by atomic mass is 32.2. The van der Waals surface area contributed by atoms with E-state index in [0.717, 1.165) is 29.5 Å². The fourth-order valence-electron chi connectivity index (χ4n) is 3.15. The number of carbonyl (C=O) groups excluding carboxylic acids is 1. The first-order valence-corrected chi connectivity index (χ1v) is 11.0. The van der Waals surface area contributed by atoms with Crippen molar-refractivity contribution in [3.63, 3.8) is 0 Å². The van der Waals surface area contributed by atoms with Crippen LogP contribution in [0.4, 0.5) is 18.9 Å². The number of aromatic nitrogens is 3. The molecule has 0 saturated carbocycles. The van der Waals surface area contributed by atoms with Gasteiger partial charge in [0, 0.05) is 11.3 Å². The summed E-state index contributed by atoms with van der Waals surface area (Å²) in [5, 5.41) is 11.4. The molecule has 4 rings (SSSR count). The minimum absolute atomic E-state index is 0.0661. The molecule has 0 unspecified atom stereocenters. The Bertz CT molecular complexity index is 1260. The normalized spacial score (nSPS) is 11.4. The molecule has 0 aliphatic carbocycles. The Morgan fingerprint density at radius 1 is 1.12 bits per heavy atom. The zero-order valence-electron chi connectivity index (χ0n) is 17.9. The van der Waals surface area contributed by atoms with Crippen molar-refractivity contribution in [3.8, 4) is 17.1 Å². The van der Waals surface area contributed by atoms with E-state index in [1.807, 2.05) is 22.8 Å². The molecule has 0 bridgehead atoms. The van der Waals surface area contributed by atoms with Crippen molar-refractivity contribution < 1.29 is 27.1 Å². The summed E-state index contributed by atoms with van der Waals surface area (Å²) >= 11 is 1.12. The number of anilines is 1. The Labute approximate surface area is 196 Å². The summed E-state index contributed by atoms with van der Waals surface area (Å²) in [4.78, 5) is 12.4. The topological polar surface area (TPSA) is 82.2 Å². The van der Waals surface area contributed by atoms with E-state index in [4.69, 9.17) is 9.15 Å². The maximum atomic E-state index is 12.9. The second-order valence-corrected chi connectivity index (χ2v) is 8.06. The van der Waals surface area contributed by atoms with Crippen LogP contribution in [-0.2, 0) is 17.5 Å². The van der Waals surface area contributed by atoms with Crippen LogP contribution in [0, 0.1) is 0 Å². The maximum absolute atomic E-state index is 12.9. The summed E-state index contributed by atoms with van der Waals surface area (Å²) in [7, 11) is 1.58. The van der Waals surface area contributed by atoms with Crippen LogP contribution < -0.4 is 10.1 Å². The van der Waals surface area contributed by atoms with Crippen LogP contribution in [0.3, 0.4) is 0 Å². The van der Waals surface area contributed by atoms with Crippen LogP contribution in [0.15, 0.2) is 76.5 Å². The van der Waals surface area contributed by atoms with E-state index in [-0.39, 0.29) is 11.4 Å². The van der Waals surface area contributed by atoms with Gasteiger partial charge in [0.1, 0.15) is 11.5 Å². The highest BCUT2D eigenvalue weighted by Gasteiger charge is 2.30. The summed E-state index contributed by atoms with van der Waals surface area (Å²) < 4.78 is 51.2. The van der Waals surface area contributed by atoms with Gasteiger partial charge in [0.15, 0.2) is 11.0 Å². The number of nitrogens with zero attached hydrogens (tertiary/aromatic N) is 3. The van der Waals surface area contributed by atoms with Gasteiger partial charge in [-0.3, -0.25) is 9.36 Å². The van der Waals surface area contributed by atoms with E-state index < -0.39 is 17.6 Å². The molecule has 0 radical (unpaired) electrons. The number of hydrogen-bond acceptors (Lipinski definition) is 6. The van der Waals surface area contributed by atoms with Crippen LogP contribution >= 0.6 is 11.8 Å². The van der Waals surface area contributed by atoms with Crippen LogP contribution in [0.25, 0.3) is 11.4 Å². The molecule has 2 heterocycles. The third-order valence-electron chi connectivity index (χ3n) is 4.77. The summed E-state index contributed by atoms with van der Waals surface area (Å²) in [5.74, 6) is 1.39. The Morgan fingerprint density at radius 2 is 1.91 bits per heavy atom. The fraction of sp³-hybridized carbons (Fsp3) is 0.174. The molecule has 176 valence electrons. The van der Waals surface area contributed by atoms with E-state index >= 15 is 0 Å². The molecule has 0 fully saturated rings. The number of ether oxygens (including phenoxy) is 1. The van der Waals surface area contributed by atoms with Gasteiger partial charge in [-0.05, 0) is 54.6 Å². The molecule has 4 aromatic rings. The second kappa shape index (κ2) is 10.0. The van der Waals surface area contributed by atoms with E-state index in [1.54, 1.807) is 31.6 Å². The Balaban J connectivity index is 1.51. The monoisotopic (exact) mass is 488 g/mol. The van der Waals surface area contributed by atoms with E-state index in [9.17, 15) is 18.0 Å². The smallest absolute Gasteiger partial charge is 0.416 e. The molecule has 0 spiro atoms. The van der Waals surface area contributed by atoms with Gasteiger partial charge in [-0.1, -0.05) is 17.8 Å². The average molecular weight is 488 g/mol. The first kappa shape index (κ1) is 23.4. The lowest BCUT2D eigenvalue weighted by Crippen LogP contribution is -2.15. The van der Waals surface area contributed by atoms with Crippen LogP contribution in [0.2, 0.25) is 0 Å². The van der Waals surface area contributed by atoms with Crippen LogP contribution in [0.5, 0.6) is 5.75 Å². The number of alkyl halides is 3. The lowest BCUT2D eigenvalue weighted by atomic mass is 10.2. The molecule has 11 heteroatoms. The van der Waals surface area contributed by atoms with Crippen molar-refractivity contribution >= 4 is 23.4 Å². The molecular weight excluding hydrogens is 469 g/mol.